The zero-order chi connectivity index (χ0) is 15.7. The summed E-state index contributed by atoms with van der Waals surface area (Å²) in [5.74, 6) is -0.563. The van der Waals surface area contributed by atoms with Crippen LogP contribution in [0.4, 0.5) is 4.39 Å². The van der Waals surface area contributed by atoms with E-state index in [4.69, 9.17) is 0 Å². The molecule has 0 aliphatic rings. The fourth-order valence-electron chi connectivity index (χ4n) is 2.22. The molecule has 0 aliphatic carbocycles. The SMILES string of the molecule is CCn1c(=NC(=O)c2ccccc2I)sc2cc(F)ccc21. The fraction of sp³-hybridized carbons (Fsp3) is 0.125. The van der Waals surface area contributed by atoms with E-state index in [1.54, 1.807) is 12.1 Å². The molecule has 0 bridgehead atoms. The lowest BCUT2D eigenvalue weighted by Gasteiger charge is -2.01. The number of benzene rings is 2. The van der Waals surface area contributed by atoms with Crippen molar-refractivity contribution in [3.05, 3.63) is 62.2 Å². The van der Waals surface area contributed by atoms with E-state index in [9.17, 15) is 9.18 Å². The van der Waals surface area contributed by atoms with Crippen molar-refractivity contribution in [1.82, 2.24) is 4.57 Å². The highest BCUT2D eigenvalue weighted by Crippen LogP contribution is 2.19. The molecule has 0 atom stereocenters. The monoisotopic (exact) mass is 426 g/mol. The van der Waals surface area contributed by atoms with E-state index in [-0.39, 0.29) is 11.7 Å². The van der Waals surface area contributed by atoms with Gasteiger partial charge in [0.1, 0.15) is 5.82 Å². The summed E-state index contributed by atoms with van der Waals surface area (Å²) < 4.78 is 16.9. The smallest absolute Gasteiger partial charge is 0.280 e. The van der Waals surface area contributed by atoms with Crippen LogP contribution >= 0.6 is 33.9 Å². The predicted octanol–water partition coefficient (Wildman–Crippen LogP) is 4.21. The second-order valence-corrected chi connectivity index (χ2v) is 6.81. The standard InChI is InChI=1S/C16H12FIN2OS/c1-2-20-13-8-7-10(17)9-14(13)22-16(20)19-15(21)11-5-3-4-6-12(11)18/h3-9H,2H2,1H3. The Labute approximate surface area is 144 Å². The molecule has 0 radical (unpaired) electrons. The number of hydrogen-bond acceptors (Lipinski definition) is 2. The number of thiazole rings is 1. The van der Waals surface area contributed by atoms with Crippen LogP contribution in [0, 0.1) is 9.39 Å². The maximum absolute atomic E-state index is 13.4. The summed E-state index contributed by atoms with van der Waals surface area (Å²) in [4.78, 5) is 17.2. The number of halogens is 2. The van der Waals surface area contributed by atoms with Crippen LogP contribution in [-0.2, 0) is 6.54 Å². The van der Waals surface area contributed by atoms with Gasteiger partial charge in [-0.05, 0) is 59.8 Å². The maximum atomic E-state index is 13.4. The Hall–Kier alpha value is -1.54. The van der Waals surface area contributed by atoms with Crippen molar-refractivity contribution in [1.29, 1.82) is 0 Å². The van der Waals surface area contributed by atoms with Gasteiger partial charge in [-0.1, -0.05) is 23.5 Å². The molecular weight excluding hydrogens is 414 g/mol. The summed E-state index contributed by atoms with van der Waals surface area (Å²) in [6.07, 6.45) is 0. The van der Waals surface area contributed by atoms with Gasteiger partial charge in [0.05, 0.1) is 15.8 Å². The molecule has 1 amide bonds. The van der Waals surface area contributed by atoms with Crippen molar-refractivity contribution in [2.24, 2.45) is 4.99 Å². The van der Waals surface area contributed by atoms with Crippen molar-refractivity contribution in [2.45, 2.75) is 13.5 Å². The average Bonchev–Trinajstić information content (AvgIpc) is 2.83. The summed E-state index contributed by atoms with van der Waals surface area (Å²) in [5.41, 5.74) is 1.47. The Bertz CT molecular complexity index is 929. The minimum absolute atomic E-state index is 0.278. The van der Waals surface area contributed by atoms with E-state index in [1.807, 2.05) is 29.7 Å². The summed E-state index contributed by atoms with van der Waals surface area (Å²) in [6.45, 7) is 2.65. The Kier molecular flexibility index (Phi) is 4.39. The molecule has 0 saturated carbocycles. The van der Waals surface area contributed by atoms with Gasteiger partial charge in [0, 0.05) is 10.1 Å². The number of nitrogens with zero attached hydrogens (tertiary/aromatic N) is 2. The average molecular weight is 426 g/mol. The number of aromatic nitrogens is 1. The van der Waals surface area contributed by atoms with Crippen LogP contribution in [0.3, 0.4) is 0 Å². The number of amides is 1. The third-order valence-corrected chi connectivity index (χ3v) is 5.24. The number of carbonyl (C=O) groups excluding carboxylic acids is 1. The topological polar surface area (TPSA) is 34.4 Å². The molecule has 22 heavy (non-hydrogen) atoms. The van der Waals surface area contributed by atoms with Gasteiger partial charge < -0.3 is 4.57 Å². The van der Waals surface area contributed by atoms with Gasteiger partial charge in [-0.15, -0.1) is 0 Å². The minimum atomic E-state index is -0.285. The third-order valence-electron chi connectivity index (χ3n) is 3.26. The minimum Gasteiger partial charge on any atom is -0.317 e. The number of aryl methyl sites for hydroxylation is 1. The van der Waals surface area contributed by atoms with Crippen LogP contribution in [-0.4, -0.2) is 10.5 Å². The molecular formula is C16H12FIN2OS. The molecule has 3 nitrogen and oxygen atoms in total. The van der Waals surface area contributed by atoms with Crippen LogP contribution < -0.4 is 4.80 Å². The normalized spacial score (nSPS) is 12.0. The lowest BCUT2D eigenvalue weighted by atomic mass is 10.2. The van der Waals surface area contributed by atoms with E-state index in [1.165, 1.54) is 23.5 Å². The van der Waals surface area contributed by atoms with Crippen LogP contribution in [0.5, 0.6) is 0 Å². The summed E-state index contributed by atoms with van der Waals surface area (Å²) in [7, 11) is 0. The zero-order valence-electron chi connectivity index (χ0n) is 11.7. The van der Waals surface area contributed by atoms with Gasteiger partial charge in [0.25, 0.3) is 5.91 Å². The van der Waals surface area contributed by atoms with Crippen molar-refractivity contribution in [2.75, 3.05) is 0 Å². The number of carbonyl (C=O) groups is 1. The van der Waals surface area contributed by atoms with E-state index in [0.29, 0.717) is 16.9 Å². The van der Waals surface area contributed by atoms with Gasteiger partial charge in [-0.3, -0.25) is 4.79 Å². The highest BCUT2D eigenvalue weighted by atomic mass is 127. The molecule has 3 aromatic rings. The first kappa shape index (κ1) is 15.4. The number of fused-ring (bicyclic) bond motifs is 1. The number of rotatable bonds is 2. The van der Waals surface area contributed by atoms with Crippen LogP contribution in [0.2, 0.25) is 0 Å². The largest absolute Gasteiger partial charge is 0.317 e. The van der Waals surface area contributed by atoms with Crippen molar-refractivity contribution >= 4 is 50.1 Å². The molecule has 0 aliphatic heterocycles. The first-order valence-corrected chi connectivity index (χ1v) is 8.62. The first-order valence-electron chi connectivity index (χ1n) is 6.72. The van der Waals surface area contributed by atoms with Crippen molar-refractivity contribution in [3.8, 4) is 0 Å². The summed E-state index contributed by atoms with van der Waals surface area (Å²) in [5, 5.41) is 0. The van der Waals surface area contributed by atoms with Gasteiger partial charge in [-0.2, -0.15) is 4.99 Å². The molecule has 0 unspecified atom stereocenters. The zero-order valence-corrected chi connectivity index (χ0v) is 14.7. The van der Waals surface area contributed by atoms with Gasteiger partial charge in [-0.25, -0.2) is 4.39 Å². The molecule has 2 aromatic carbocycles. The molecule has 0 fully saturated rings. The molecule has 6 heteroatoms. The molecule has 0 saturated heterocycles. The fourth-order valence-corrected chi connectivity index (χ4v) is 3.96. The molecule has 1 heterocycles. The van der Waals surface area contributed by atoms with E-state index < -0.39 is 0 Å². The molecule has 112 valence electrons. The lowest BCUT2D eigenvalue weighted by molar-refractivity contribution is 0.0997. The van der Waals surface area contributed by atoms with Gasteiger partial charge in [0.2, 0.25) is 0 Å². The predicted molar refractivity (Wildman–Crippen MR) is 94.5 cm³/mol. The summed E-state index contributed by atoms with van der Waals surface area (Å²) >= 11 is 3.45. The quantitative estimate of drug-likeness (QED) is 0.566. The van der Waals surface area contributed by atoms with Crippen molar-refractivity contribution in [3.63, 3.8) is 0 Å². The van der Waals surface area contributed by atoms with E-state index in [2.05, 4.69) is 27.6 Å². The lowest BCUT2D eigenvalue weighted by Crippen LogP contribution is -2.16. The maximum Gasteiger partial charge on any atom is 0.280 e. The van der Waals surface area contributed by atoms with E-state index >= 15 is 0 Å². The van der Waals surface area contributed by atoms with Gasteiger partial charge >= 0.3 is 0 Å². The van der Waals surface area contributed by atoms with Crippen LogP contribution in [0.15, 0.2) is 47.5 Å². The third kappa shape index (κ3) is 2.85. The Morgan fingerprint density at radius 2 is 2.09 bits per heavy atom. The highest BCUT2D eigenvalue weighted by Gasteiger charge is 2.11. The van der Waals surface area contributed by atoms with E-state index in [0.717, 1.165) is 13.8 Å². The van der Waals surface area contributed by atoms with Gasteiger partial charge in [0.15, 0.2) is 4.80 Å². The number of hydrogen-bond donors (Lipinski definition) is 0. The Morgan fingerprint density at radius 1 is 1.32 bits per heavy atom. The second-order valence-electron chi connectivity index (χ2n) is 4.64. The second kappa shape index (κ2) is 6.29. The molecule has 3 rings (SSSR count). The molecule has 0 spiro atoms. The highest BCUT2D eigenvalue weighted by molar-refractivity contribution is 14.1. The van der Waals surface area contributed by atoms with Crippen LogP contribution in [0.1, 0.15) is 17.3 Å². The molecule has 1 aromatic heterocycles. The molecule has 0 N–H and O–H groups in total. The first-order chi connectivity index (χ1) is 10.6. The Morgan fingerprint density at radius 3 is 2.82 bits per heavy atom. The Balaban J connectivity index is 2.17. The summed E-state index contributed by atoms with van der Waals surface area (Å²) in [6, 6.07) is 12.0. The van der Waals surface area contributed by atoms with Crippen LogP contribution in [0.25, 0.3) is 10.2 Å². The van der Waals surface area contributed by atoms with Crippen molar-refractivity contribution < 1.29 is 9.18 Å².